The number of nitrogens with zero attached hydrogens (tertiary/aromatic N) is 2. The first-order valence-corrected chi connectivity index (χ1v) is 4.33. The smallest absolute Gasteiger partial charge is 0.0737 e. The third-order valence-electron chi connectivity index (χ3n) is 2.70. The largest absolute Gasteiger partial charge is 0.194 e. The molecule has 1 aliphatic carbocycles. The van der Waals surface area contributed by atoms with Crippen LogP contribution in [0, 0.1) is 5.92 Å². The van der Waals surface area contributed by atoms with Crippen molar-refractivity contribution in [2.75, 3.05) is 6.54 Å². The van der Waals surface area contributed by atoms with Gasteiger partial charge in [0, 0.05) is 0 Å². The van der Waals surface area contributed by atoms with Gasteiger partial charge >= 0.3 is 0 Å². The van der Waals surface area contributed by atoms with Crippen molar-refractivity contribution in [3.63, 3.8) is 0 Å². The first-order chi connectivity index (χ1) is 4.97. The third-order valence-corrected chi connectivity index (χ3v) is 2.70. The molecule has 0 amide bonds. The first kappa shape index (κ1) is 6.32. The van der Waals surface area contributed by atoms with Crippen LogP contribution in [0.25, 0.3) is 0 Å². The molecule has 1 heterocycles. The van der Waals surface area contributed by atoms with Crippen molar-refractivity contribution < 1.29 is 0 Å². The summed E-state index contributed by atoms with van der Waals surface area (Å²) in [6.07, 6.45) is 6.81. The molecule has 0 bridgehead atoms. The predicted molar refractivity (Wildman–Crippen MR) is 40.1 cm³/mol. The van der Waals surface area contributed by atoms with E-state index in [1.807, 2.05) is 0 Å². The van der Waals surface area contributed by atoms with Crippen molar-refractivity contribution in [3.8, 4) is 0 Å². The van der Waals surface area contributed by atoms with Crippen LogP contribution >= 0.6 is 0 Å². The predicted octanol–water partition coefficient (Wildman–Crippen LogP) is 2.40. The number of fused-ring (bicyclic) bond motifs is 1. The maximum Gasteiger partial charge on any atom is 0.0737 e. The minimum Gasteiger partial charge on any atom is -0.194 e. The maximum absolute atomic E-state index is 4.28. The zero-order chi connectivity index (χ0) is 6.81. The molecule has 2 unspecified atom stereocenters. The molecular weight excluding hydrogens is 124 g/mol. The molecule has 0 spiro atoms. The molecule has 0 aromatic carbocycles. The van der Waals surface area contributed by atoms with Crippen LogP contribution in [0.15, 0.2) is 10.2 Å². The summed E-state index contributed by atoms with van der Waals surface area (Å²) >= 11 is 0. The Balaban J connectivity index is 2.03. The number of rotatable bonds is 0. The average Bonchev–Trinajstić information content (AvgIpc) is 2.05. The van der Waals surface area contributed by atoms with Gasteiger partial charge < -0.3 is 0 Å². The van der Waals surface area contributed by atoms with Gasteiger partial charge in [0.25, 0.3) is 0 Å². The van der Waals surface area contributed by atoms with Gasteiger partial charge in [-0.15, -0.1) is 0 Å². The standard InChI is InChI=1S/C8H14N2/c1-2-4-8-7(3-1)5-6-9-10-8/h7-8H,1-6H2. The average molecular weight is 138 g/mol. The molecule has 0 aromatic rings. The molecule has 0 radical (unpaired) electrons. The van der Waals surface area contributed by atoms with Gasteiger partial charge in [0.1, 0.15) is 0 Å². The van der Waals surface area contributed by atoms with Gasteiger partial charge in [-0.3, -0.25) is 0 Å². The van der Waals surface area contributed by atoms with Gasteiger partial charge in [0.2, 0.25) is 0 Å². The molecule has 2 nitrogen and oxygen atoms in total. The van der Waals surface area contributed by atoms with E-state index in [1.54, 1.807) is 0 Å². The monoisotopic (exact) mass is 138 g/mol. The highest BCUT2D eigenvalue weighted by atomic mass is 15.1. The van der Waals surface area contributed by atoms with Crippen molar-refractivity contribution in [2.45, 2.75) is 38.1 Å². The molecule has 1 saturated carbocycles. The zero-order valence-electron chi connectivity index (χ0n) is 6.29. The lowest BCUT2D eigenvalue weighted by molar-refractivity contribution is 0.266. The highest BCUT2D eigenvalue weighted by molar-refractivity contribution is 4.82. The van der Waals surface area contributed by atoms with Crippen LogP contribution in [0.3, 0.4) is 0 Å². The molecule has 56 valence electrons. The molecule has 2 atom stereocenters. The van der Waals surface area contributed by atoms with E-state index in [-0.39, 0.29) is 0 Å². The van der Waals surface area contributed by atoms with Crippen molar-refractivity contribution in [3.05, 3.63) is 0 Å². The minimum atomic E-state index is 0.613. The third kappa shape index (κ3) is 1.07. The van der Waals surface area contributed by atoms with Crippen molar-refractivity contribution in [2.24, 2.45) is 16.1 Å². The Kier molecular flexibility index (Phi) is 1.70. The Hall–Kier alpha value is -0.400. The Bertz CT molecular complexity index is 142. The fraction of sp³-hybridized carbons (Fsp3) is 1.00. The Morgan fingerprint density at radius 1 is 1.00 bits per heavy atom. The molecule has 1 aliphatic heterocycles. The summed E-state index contributed by atoms with van der Waals surface area (Å²) in [5.41, 5.74) is 0. The summed E-state index contributed by atoms with van der Waals surface area (Å²) in [4.78, 5) is 0. The first-order valence-electron chi connectivity index (χ1n) is 4.33. The van der Waals surface area contributed by atoms with Crippen LogP contribution in [-0.2, 0) is 0 Å². The number of hydrogen-bond acceptors (Lipinski definition) is 2. The molecule has 1 fully saturated rings. The summed E-state index contributed by atoms with van der Waals surface area (Å²) in [6.45, 7) is 0.987. The van der Waals surface area contributed by atoms with Gasteiger partial charge in [0.05, 0.1) is 12.6 Å². The molecule has 10 heavy (non-hydrogen) atoms. The van der Waals surface area contributed by atoms with E-state index in [9.17, 15) is 0 Å². The van der Waals surface area contributed by atoms with Crippen LogP contribution in [0.5, 0.6) is 0 Å². The van der Waals surface area contributed by atoms with Gasteiger partial charge in [-0.2, -0.15) is 10.2 Å². The summed E-state index contributed by atoms with van der Waals surface area (Å²) in [5, 5.41) is 8.36. The fourth-order valence-corrected chi connectivity index (χ4v) is 2.06. The van der Waals surface area contributed by atoms with Crippen molar-refractivity contribution in [1.82, 2.24) is 0 Å². The lowest BCUT2D eigenvalue weighted by atomic mass is 9.82. The number of hydrogen-bond donors (Lipinski definition) is 0. The Morgan fingerprint density at radius 3 is 2.80 bits per heavy atom. The molecular formula is C8H14N2. The van der Waals surface area contributed by atoms with Gasteiger partial charge in [0.15, 0.2) is 0 Å². The summed E-state index contributed by atoms with van der Waals surface area (Å²) < 4.78 is 0. The minimum absolute atomic E-state index is 0.613. The highest BCUT2D eigenvalue weighted by Crippen LogP contribution is 2.31. The summed E-state index contributed by atoms with van der Waals surface area (Å²) in [7, 11) is 0. The second-order valence-corrected chi connectivity index (χ2v) is 3.38. The van der Waals surface area contributed by atoms with Crippen LogP contribution < -0.4 is 0 Å². The molecule has 2 rings (SSSR count). The molecule has 0 aromatic heterocycles. The Labute approximate surface area is 61.7 Å². The molecule has 0 saturated heterocycles. The summed E-state index contributed by atoms with van der Waals surface area (Å²) in [6, 6.07) is 0.613. The molecule has 0 N–H and O–H groups in total. The van der Waals surface area contributed by atoms with Gasteiger partial charge in [-0.05, 0) is 25.2 Å². The van der Waals surface area contributed by atoms with Crippen LogP contribution in [-0.4, -0.2) is 12.6 Å². The zero-order valence-corrected chi connectivity index (χ0v) is 6.29. The summed E-state index contributed by atoms with van der Waals surface area (Å²) in [5.74, 6) is 0.895. The van der Waals surface area contributed by atoms with E-state index in [0.717, 1.165) is 12.5 Å². The topological polar surface area (TPSA) is 24.7 Å². The maximum atomic E-state index is 4.28. The van der Waals surface area contributed by atoms with Gasteiger partial charge in [-0.1, -0.05) is 12.8 Å². The Morgan fingerprint density at radius 2 is 1.90 bits per heavy atom. The fourth-order valence-electron chi connectivity index (χ4n) is 2.06. The van der Waals surface area contributed by atoms with E-state index in [2.05, 4.69) is 10.2 Å². The van der Waals surface area contributed by atoms with Crippen LogP contribution in [0.2, 0.25) is 0 Å². The van der Waals surface area contributed by atoms with E-state index in [1.165, 1.54) is 32.1 Å². The van der Waals surface area contributed by atoms with E-state index in [4.69, 9.17) is 0 Å². The SMILES string of the molecule is C1CCC2N=NCCC2C1. The highest BCUT2D eigenvalue weighted by Gasteiger charge is 2.26. The van der Waals surface area contributed by atoms with Gasteiger partial charge in [-0.25, -0.2) is 0 Å². The quantitative estimate of drug-likeness (QED) is 0.491. The van der Waals surface area contributed by atoms with Crippen molar-refractivity contribution in [1.29, 1.82) is 0 Å². The number of azo groups is 1. The molecule has 2 aliphatic rings. The van der Waals surface area contributed by atoms with E-state index in [0.29, 0.717) is 6.04 Å². The lowest BCUT2D eigenvalue weighted by Crippen LogP contribution is -2.25. The second-order valence-electron chi connectivity index (χ2n) is 3.38. The van der Waals surface area contributed by atoms with E-state index < -0.39 is 0 Å². The van der Waals surface area contributed by atoms with Crippen molar-refractivity contribution >= 4 is 0 Å². The van der Waals surface area contributed by atoms with Crippen LogP contribution in [0.4, 0.5) is 0 Å². The normalized spacial score (nSPS) is 39.2. The molecule has 2 heteroatoms. The van der Waals surface area contributed by atoms with E-state index >= 15 is 0 Å². The second kappa shape index (κ2) is 2.69. The lowest BCUT2D eigenvalue weighted by Gasteiger charge is -2.29. The van der Waals surface area contributed by atoms with Crippen LogP contribution in [0.1, 0.15) is 32.1 Å².